The fourth-order valence-electron chi connectivity index (χ4n) is 6.14. The van der Waals surface area contributed by atoms with Gasteiger partial charge in [-0.1, -0.05) is 60.7 Å². The molecule has 1 heterocycles. The number of hydrogen-bond acceptors (Lipinski definition) is 8. The quantitative estimate of drug-likeness (QED) is 0.185. The predicted molar refractivity (Wildman–Crippen MR) is 185 cm³/mol. The molecule has 12 nitrogen and oxygen atoms in total. The summed E-state index contributed by atoms with van der Waals surface area (Å²) >= 11 is 0. The maximum Gasteiger partial charge on any atom is 0.308 e. The van der Waals surface area contributed by atoms with Gasteiger partial charge in [0.2, 0.25) is 11.8 Å². The molecule has 262 valence electrons. The van der Waals surface area contributed by atoms with E-state index in [9.17, 15) is 24.3 Å². The van der Waals surface area contributed by atoms with E-state index in [0.29, 0.717) is 31.6 Å². The van der Waals surface area contributed by atoms with Crippen molar-refractivity contribution in [1.82, 2.24) is 15.1 Å². The van der Waals surface area contributed by atoms with Crippen LogP contribution in [-0.2, 0) is 24.6 Å². The molecule has 1 aliphatic rings. The van der Waals surface area contributed by atoms with Crippen LogP contribution < -0.4 is 15.4 Å². The first kappa shape index (κ1) is 38.4. The highest BCUT2D eigenvalue weighted by molar-refractivity contribution is 5.99. The minimum Gasteiger partial charge on any atom is -0.481 e. The number of nitrogens with zero attached hydrogens (tertiary/aromatic N) is 2. The first-order valence-corrected chi connectivity index (χ1v) is 16.0. The minimum atomic E-state index is -0.946. The normalized spacial score (nSPS) is 16.6. The Labute approximate surface area is 287 Å². The number of hydrogen-bond donors (Lipinski definition) is 4. The lowest BCUT2D eigenvalue weighted by Crippen LogP contribution is -2.57. The van der Waals surface area contributed by atoms with E-state index in [2.05, 4.69) is 22.5 Å². The summed E-state index contributed by atoms with van der Waals surface area (Å²) < 4.78 is 5.26. The summed E-state index contributed by atoms with van der Waals surface area (Å²) in [6.45, 7) is 6.60. The number of likely N-dealkylation sites (tertiary alicyclic amines) is 1. The van der Waals surface area contributed by atoms with Gasteiger partial charge in [-0.15, -0.1) is 0 Å². The molecule has 1 saturated heterocycles. The second-order valence-corrected chi connectivity index (χ2v) is 12.3. The smallest absolute Gasteiger partial charge is 0.308 e. The van der Waals surface area contributed by atoms with Crippen LogP contribution in [0.15, 0.2) is 78.9 Å². The average Bonchev–Trinajstić information content (AvgIpc) is 3.04. The number of anilines is 1. The first-order valence-electron chi connectivity index (χ1n) is 16.0. The van der Waals surface area contributed by atoms with Crippen LogP contribution in [0.1, 0.15) is 62.0 Å². The first-order chi connectivity index (χ1) is 23.1. The SMILES string of the molecule is CC(=O)Nc1ccc(C(=O)NC2CCN(C(C)CC(C(=O)N(C)C)(c3ccccc3)c3ccccc3)CC2O)c(OC(C)=O)c1.CC(=O)O. The van der Waals surface area contributed by atoms with E-state index in [0.717, 1.165) is 18.1 Å². The lowest BCUT2D eigenvalue weighted by Gasteiger charge is -2.44. The Kier molecular flexibility index (Phi) is 13.6. The zero-order chi connectivity index (χ0) is 36.3. The molecule has 3 atom stereocenters. The Bertz CT molecular complexity index is 1570. The van der Waals surface area contributed by atoms with Gasteiger partial charge in [-0.05, 0) is 43.0 Å². The van der Waals surface area contributed by atoms with E-state index in [1.807, 2.05) is 60.7 Å². The van der Waals surface area contributed by atoms with Crippen molar-refractivity contribution in [1.29, 1.82) is 0 Å². The molecule has 0 bridgehead atoms. The Morgan fingerprint density at radius 2 is 1.49 bits per heavy atom. The molecule has 4 N–H and O–H groups in total. The van der Waals surface area contributed by atoms with Crippen LogP contribution in [0.3, 0.4) is 0 Å². The highest BCUT2D eigenvalue weighted by Crippen LogP contribution is 2.40. The number of aliphatic hydroxyl groups excluding tert-OH is 1. The van der Waals surface area contributed by atoms with Crippen molar-refractivity contribution in [2.45, 2.75) is 64.1 Å². The van der Waals surface area contributed by atoms with Crippen molar-refractivity contribution in [3.8, 4) is 5.75 Å². The van der Waals surface area contributed by atoms with Crippen LogP contribution in [0.25, 0.3) is 0 Å². The number of piperidine rings is 1. The number of carbonyl (C=O) groups is 5. The largest absolute Gasteiger partial charge is 0.481 e. The van der Waals surface area contributed by atoms with Crippen LogP contribution in [0, 0.1) is 0 Å². The van der Waals surface area contributed by atoms with Crippen LogP contribution in [-0.4, -0.2) is 95.0 Å². The Balaban J connectivity index is 0.00000154. The van der Waals surface area contributed by atoms with E-state index < -0.39 is 35.4 Å². The second-order valence-electron chi connectivity index (χ2n) is 12.3. The van der Waals surface area contributed by atoms with Gasteiger partial charge in [0.05, 0.1) is 17.7 Å². The molecule has 1 fully saturated rings. The van der Waals surface area contributed by atoms with Gasteiger partial charge >= 0.3 is 5.97 Å². The van der Waals surface area contributed by atoms with Crippen LogP contribution in [0.5, 0.6) is 5.75 Å². The molecule has 49 heavy (non-hydrogen) atoms. The summed E-state index contributed by atoms with van der Waals surface area (Å²) in [4.78, 5) is 63.4. The van der Waals surface area contributed by atoms with Gasteiger partial charge in [-0.2, -0.15) is 0 Å². The average molecular weight is 675 g/mol. The number of aliphatic carboxylic acids is 1. The Morgan fingerprint density at radius 3 is 1.96 bits per heavy atom. The highest BCUT2D eigenvalue weighted by atomic mass is 16.5. The number of amides is 3. The number of β-amino-alcohol motifs (C(OH)–C–C–N with tert-alkyl or cyclic N) is 1. The summed E-state index contributed by atoms with van der Waals surface area (Å²) in [5.74, 6) is -2.27. The minimum absolute atomic E-state index is 0.00974. The number of aliphatic hydroxyl groups is 1. The van der Waals surface area contributed by atoms with E-state index in [4.69, 9.17) is 14.6 Å². The molecular weight excluding hydrogens is 628 g/mol. The summed E-state index contributed by atoms with van der Waals surface area (Å²) in [6.07, 6.45) is 0.0669. The predicted octanol–water partition coefficient (Wildman–Crippen LogP) is 3.68. The zero-order valence-corrected chi connectivity index (χ0v) is 28.8. The molecule has 0 radical (unpaired) electrons. The molecule has 3 aromatic rings. The van der Waals surface area contributed by atoms with Crippen molar-refractivity contribution in [2.75, 3.05) is 32.5 Å². The molecule has 0 saturated carbocycles. The van der Waals surface area contributed by atoms with Crippen molar-refractivity contribution in [3.05, 3.63) is 95.6 Å². The van der Waals surface area contributed by atoms with Crippen molar-refractivity contribution in [2.24, 2.45) is 0 Å². The molecular formula is C37H46N4O8. The monoisotopic (exact) mass is 674 g/mol. The Hall–Kier alpha value is -5.07. The van der Waals surface area contributed by atoms with Gasteiger partial charge in [0, 0.05) is 65.8 Å². The van der Waals surface area contributed by atoms with Crippen molar-refractivity contribution >= 4 is 35.3 Å². The van der Waals surface area contributed by atoms with Crippen LogP contribution >= 0.6 is 0 Å². The van der Waals surface area contributed by atoms with Crippen molar-refractivity contribution in [3.63, 3.8) is 0 Å². The topological polar surface area (TPSA) is 166 Å². The van der Waals surface area contributed by atoms with E-state index in [1.54, 1.807) is 25.1 Å². The van der Waals surface area contributed by atoms with Gasteiger partial charge in [0.15, 0.2) is 0 Å². The zero-order valence-electron chi connectivity index (χ0n) is 28.8. The fraction of sp³-hybridized carbons (Fsp3) is 0.378. The summed E-state index contributed by atoms with van der Waals surface area (Å²) in [6, 6.07) is 23.4. The fourth-order valence-corrected chi connectivity index (χ4v) is 6.14. The summed E-state index contributed by atoms with van der Waals surface area (Å²) in [5.41, 5.74) is 1.35. The number of ether oxygens (including phenoxy) is 1. The molecule has 3 aromatic carbocycles. The van der Waals surface area contributed by atoms with Crippen LogP contribution in [0.2, 0.25) is 0 Å². The molecule has 12 heteroatoms. The summed E-state index contributed by atoms with van der Waals surface area (Å²) in [5, 5.41) is 24.1. The lowest BCUT2D eigenvalue weighted by molar-refractivity contribution is -0.135. The summed E-state index contributed by atoms with van der Waals surface area (Å²) in [7, 11) is 3.54. The standard InChI is InChI=1S/C35H42N4O6.C2H4O2/c1-23(21-35(34(44)38(4)5,26-12-8-6-9-13-26)27-14-10-7-11-15-27)39-19-18-30(31(42)22-39)37-33(43)29-17-16-28(36-24(2)40)20-32(29)45-25(3)41;1-2(3)4/h6-17,20,23,30-31,42H,18-19,21-22H2,1-5H3,(H,36,40)(H,37,43);1H3,(H,3,4). The van der Waals surface area contributed by atoms with Gasteiger partial charge in [0.25, 0.3) is 11.9 Å². The molecule has 4 rings (SSSR count). The second kappa shape index (κ2) is 17.4. The number of esters is 1. The molecule has 1 aliphatic heterocycles. The number of carboxylic acid groups (broad SMARTS) is 1. The van der Waals surface area contributed by atoms with E-state index in [1.165, 1.54) is 26.0 Å². The van der Waals surface area contributed by atoms with Gasteiger partial charge in [0.1, 0.15) is 11.2 Å². The van der Waals surface area contributed by atoms with Gasteiger partial charge in [-0.25, -0.2) is 0 Å². The van der Waals surface area contributed by atoms with Crippen LogP contribution in [0.4, 0.5) is 5.69 Å². The number of rotatable bonds is 10. The number of benzene rings is 3. The molecule has 0 aromatic heterocycles. The molecule has 3 unspecified atom stereocenters. The molecule has 0 aliphatic carbocycles. The molecule has 3 amide bonds. The van der Waals surface area contributed by atoms with E-state index in [-0.39, 0.29) is 29.2 Å². The number of carbonyl (C=O) groups excluding carboxylic acids is 4. The highest BCUT2D eigenvalue weighted by Gasteiger charge is 2.45. The third kappa shape index (κ3) is 10.2. The van der Waals surface area contributed by atoms with Gasteiger partial charge in [-0.3, -0.25) is 28.9 Å². The number of likely N-dealkylation sites (N-methyl/N-ethyl adjacent to an activating group) is 1. The van der Waals surface area contributed by atoms with E-state index >= 15 is 0 Å². The third-order valence-electron chi connectivity index (χ3n) is 8.26. The van der Waals surface area contributed by atoms with Gasteiger partial charge < -0.3 is 30.5 Å². The maximum absolute atomic E-state index is 14.1. The lowest BCUT2D eigenvalue weighted by atomic mass is 9.69. The third-order valence-corrected chi connectivity index (χ3v) is 8.26. The number of carboxylic acids is 1. The van der Waals surface area contributed by atoms with Crippen molar-refractivity contribution < 1.29 is 38.9 Å². The number of nitrogens with one attached hydrogen (secondary N) is 2. The molecule has 0 spiro atoms. The Morgan fingerprint density at radius 1 is 0.939 bits per heavy atom. The maximum atomic E-state index is 14.1.